The zero-order valence-electron chi connectivity index (χ0n) is 17.2. The van der Waals surface area contributed by atoms with E-state index in [1.807, 2.05) is 26.2 Å². The summed E-state index contributed by atoms with van der Waals surface area (Å²) in [6, 6.07) is 3.87. The van der Waals surface area contributed by atoms with Gasteiger partial charge in [-0.05, 0) is 55.5 Å². The molecule has 0 bridgehead atoms. The Morgan fingerprint density at radius 2 is 2.19 bits per heavy atom. The van der Waals surface area contributed by atoms with E-state index in [0.29, 0.717) is 18.0 Å². The van der Waals surface area contributed by atoms with E-state index in [2.05, 4.69) is 37.8 Å². The molecule has 164 valence electrons. The lowest BCUT2D eigenvalue weighted by Gasteiger charge is -2.30. The number of hydrogen-bond donors (Lipinski definition) is 1. The molecule has 1 N–H and O–H groups in total. The lowest BCUT2D eigenvalue weighted by Crippen LogP contribution is -2.41. The van der Waals surface area contributed by atoms with Crippen LogP contribution in [-0.2, 0) is 4.74 Å². The fraction of sp³-hybridized carbons (Fsp3) is 0.381. The molecule has 0 spiro atoms. The number of amidine groups is 1. The van der Waals surface area contributed by atoms with Gasteiger partial charge in [0.25, 0.3) is 0 Å². The Labute approximate surface area is 202 Å². The second-order valence-corrected chi connectivity index (χ2v) is 10.8. The summed E-state index contributed by atoms with van der Waals surface area (Å²) < 4.78 is 20.0. The molecule has 31 heavy (non-hydrogen) atoms. The number of ether oxygens (including phenoxy) is 1. The van der Waals surface area contributed by atoms with Gasteiger partial charge in [-0.2, -0.15) is 0 Å². The maximum Gasteiger partial charge on any atom is 0.407 e. The van der Waals surface area contributed by atoms with Crippen molar-refractivity contribution in [3.63, 3.8) is 0 Å². The molecule has 0 aliphatic carbocycles. The third-order valence-electron chi connectivity index (χ3n) is 4.79. The third kappa shape index (κ3) is 4.88. The molecular weight excluding hydrogens is 554 g/mol. The minimum atomic E-state index is -0.568. The summed E-state index contributed by atoms with van der Waals surface area (Å²) in [5.41, 5.74) is 1.21. The maximum absolute atomic E-state index is 13.6. The molecule has 4 rings (SSSR count). The summed E-state index contributed by atoms with van der Waals surface area (Å²) in [5.74, 6) is 0.338. The Morgan fingerprint density at radius 1 is 1.42 bits per heavy atom. The van der Waals surface area contributed by atoms with Crippen molar-refractivity contribution in [2.75, 3.05) is 6.54 Å². The van der Waals surface area contributed by atoms with E-state index < -0.39 is 11.7 Å². The summed E-state index contributed by atoms with van der Waals surface area (Å²) >= 11 is 10.1. The molecule has 3 heterocycles. The molecule has 2 aliphatic heterocycles. The average Bonchev–Trinajstić information content (AvgIpc) is 3.31. The topological polar surface area (TPSA) is 66.8 Å². The molecule has 6 nitrogen and oxygen atoms in total. The lowest BCUT2D eigenvalue weighted by atomic mass is 10.0. The number of halogens is 3. The normalized spacial score (nSPS) is 21.1. The molecule has 2 unspecified atom stereocenters. The van der Waals surface area contributed by atoms with E-state index in [9.17, 15) is 9.18 Å². The van der Waals surface area contributed by atoms with Crippen LogP contribution in [0, 0.1) is 5.82 Å². The van der Waals surface area contributed by atoms with Crippen LogP contribution in [0.2, 0.25) is 5.02 Å². The van der Waals surface area contributed by atoms with E-state index in [1.165, 1.54) is 23.5 Å². The van der Waals surface area contributed by atoms with Crippen LogP contribution in [0.3, 0.4) is 0 Å². The summed E-state index contributed by atoms with van der Waals surface area (Å²) in [6.07, 6.45) is 1.91. The molecular formula is C21H21ClFIN4O2S. The van der Waals surface area contributed by atoms with Crippen LogP contribution in [0.5, 0.6) is 0 Å². The standard InChI is InChI=1S/C21H21ClFIN4O2S/c1-21(2,3)30-20(29)26-12-9-15-16(24)17(13-5-4-11(23)8-14(13)22)27-18(28(15)10-12)19-25-6-7-31-19/h4-8,12,17H,9-10H2,1-3H3,(H,26,29). The van der Waals surface area contributed by atoms with Gasteiger partial charge < -0.3 is 15.0 Å². The van der Waals surface area contributed by atoms with E-state index in [-0.39, 0.29) is 17.9 Å². The number of carbonyl (C=O) groups is 1. The molecule has 0 radical (unpaired) electrons. The number of hydrogen-bond acceptors (Lipinski definition) is 6. The molecule has 1 amide bonds. The first kappa shape index (κ1) is 22.5. The largest absolute Gasteiger partial charge is 0.444 e. The molecule has 1 aromatic heterocycles. The zero-order chi connectivity index (χ0) is 22.3. The van der Waals surface area contributed by atoms with E-state index in [0.717, 1.165) is 25.7 Å². The van der Waals surface area contributed by atoms with Crippen molar-refractivity contribution in [3.05, 3.63) is 60.5 Å². The number of fused-ring (bicyclic) bond motifs is 1. The van der Waals surface area contributed by atoms with Crippen LogP contribution >= 0.6 is 45.5 Å². The maximum atomic E-state index is 13.6. The molecule has 1 aromatic carbocycles. The van der Waals surface area contributed by atoms with Crippen molar-refractivity contribution in [2.45, 2.75) is 44.9 Å². The summed E-state index contributed by atoms with van der Waals surface area (Å²) in [6.45, 7) is 6.06. The number of aromatic nitrogens is 1. The van der Waals surface area contributed by atoms with Crippen molar-refractivity contribution in [1.29, 1.82) is 0 Å². The van der Waals surface area contributed by atoms with Crippen molar-refractivity contribution >= 4 is 57.5 Å². The van der Waals surface area contributed by atoms with Crippen molar-refractivity contribution < 1.29 is 13.9 Å². The van der Waals surface area contributed by atoms with Gasteiger partial charge in [0.05, 0.1) is 6.04 Å². The zero-order valence-corrected chi connectivity index (χ0v) is 20.9. The third-order valence-corrected chi connectivity index (χ3v) is 7.10. The Balaban J connectivity index is 1.68. The highest BCUT2D eigenvalue weighted by atomic mass is 127. The Bertz CT molecular complexity index is 1070. The number of benzene rings is 1. The number of carbonyl (C=O) groups excluding carboxylic acids is 1. The Hall–Kier alpha value is -1.72. The number of nitrogens with zero attached hydrogens (tertiary/aromatic N) is 3. The lowest BCUT2D eigenvalue weighted by molar-refractivity contribution is 0.0507. The second-order valence-electron chi connectivity index (χ2n) is 8.31. The highest BCUT2D eigenvalue weighted by Crippen LogP contribution is 2.44. The number of alkyl carbamates (subject to hydrolysis) is 1. The van der Waals surface area contributed by atoms with E-state index in [4.69, 9.17) is 21.3 Å². The number of nitrogens with one attached hydrogen (secondary N) is 1. The number of aliphatic imine (C=N–C) groups is 1. The molecule has 2 atom stereocenters. The van der Waals surface area contributed by atoms with Crippen molar-refractivity contribution in [3.8, 4) is 0 Å². The number of rotatable bonds is 3. The van der Waals surface area contributed by atoms with Gasteiger partial charge in [-0.15, -0.1) is 11.3 Å². The van der Waals surface area contributed by atoms with Gasteiger partial charge in [0.2, 0.25) is 0 Å². The quantitative estimate of drug-likeness (QED) is 0.479. The highest BCUT2D eigenvalue weighted by Gasteiger charge is 2.39. The summed E-state index contributed by atoms with van der Waals surface area (Å²) in [4.78, 5) is 23.8. The minimum Gasteiger partial charge on any atom is -0.444 e. The first-order chi connectivity index (χ1) is 14.6. The van der Waals surface area contributed by atoms with Crippen LogP contribution in [0.15, 0.2) is 44.0 Å². The molecule has 1 fully saturated rings. The van der Waals surface area contributed by atoms with E-state index >= 15 is 0 Å². The summed E-state index contributed by atoms with van der Waals surface area (Å²) in [7, 11) is 0. The first-order valence-corrected chi connectivity index (χ1v) is 12.0. The van der Waals surface area contributed by atoms with Gasteiger partial charge in [0.1, 0.15) is 17.5 Å². The van der Waals surface area contributed by atoms with Crippen LogP contribution in [0.25, 0.3) is 0 Å². The number of thiazole rings is 1. The fourth-order valence-corrected chi connectivity index (χ4v) is 5.49. The van der Waals surface area contributed by atoms with Crippen LogP contribution in [0.1, 0.15) is 43.8 Å². The minimum absolute atomic E-state index is 0.137. The smallest absolute Gasteiger partial charge is 0.407 e. The van der Waals surface area contributed by atoms with Gasteiger partial charge in [0, 0.05) is 44.4 Å². The van der Waals surface area contributed by atoms with Gasteiger partial charge in [-0.3, -0.25) is 4.99 Å². The molecule has 2 aliphatic rings. The van der Waals surface area contributed by atoms with Gasteiger partial charge in [-0.1, -0.05) is 17.7 Å². The fourth-order valence-electron chi connectivity index (χ4n) is 3.59. The monoisotopic (exact) mass is 574 g/mol. The molecule has 1 saturated heterocycles. The first-order valence-electron chi connectivity index (χ1n) is 9.70. The second kappa shape index (κ2) is 8.67. The molecule has 2 aromatic rings. The van der Waals surface area contributed by atoms with E-state index in [1.54, 1.807) is 12.3 Å². The Morgan fingerprint density at radius 3 is 2.84 bits per heavy atom. The summed E-state index contributed by atoms with van der Waals surface area (Å²) in [5, 5.41) is 5.97. The Kier molecular flexibility index (Phi) is 6.28. The predicted octanol–water partition coefficient (Wildman–Crippen LogP) is 5.68. The van der Waals surface area contributed by atoms with Crippen LogP contribution in [0.4, 0.5) is 9.18 Å². The van der Waals surface area contributed by atoms with Gasteiger partial charge in [0.15, 0.2) is 10.8 Å². The SMILES string of the molecule is CC(C)(C)OC(=O)NC1CC2=C(I)C(c3ccc(F)cc3Cl)N=C(c3nccs3)N2C1. The van der Waals surface area contributed by atoms with Gasteiger partial charge >= 0.3 is 6.09 Å². The van der Waals surface area contributed by atoms with Crippen molar-refractivity contribution in [2.24, 2.45) is 4.99 Å². The predicted molar refractivity (Wildman–Crippen MR) is 128 cm³/mol. The average molecular weight is 575 g/mol. The van der Waals surface area contributed by atoms with Crippen LogP contribution in [-0.4, -0.2) is 40.0 Å². The molecule has 10 heteroatoms. The van der Waals surface area contributed by atoms with Crippen molar-refractivity contribution in [1.82, 2.24) is 15.2 Å². The number of amides is 1. The molecule has 0 saturated carbocycles. The van der Waals surface area contributed by atoms with Gasteiger partial charge in [-0.25, -0.2) is 14.2 Å². The van der Waals surface area contributed by atoms with Crippen LogP contribution < -0.4 is 5.32 Å². The highest BCUT2D eigenvalue weighted by molar-refractivity contribution is 14.1.